The summed E-state index contributed by atoms with van der Waals surface area (Å²) in [6.07, 6.45) is 2.64. The predicted molar refractivity (Wildman–Crippen MR) is 146 cm³/mol. The van der Waals surface area contributed by atoms with Crippen molar-refractivity contribution in [2.75, 3.05) is 25.4 Å². The van der Waals surface area contributed by atoms with Gasteiger partial charge in [-0.05, 0) is 73.3 Å². The molecular weight excluding hydrogens is 492 g/mol. The number of carbonyl (C=O) groups is 1. The van der Waals surface area contributed by atoms with Gasteiger partial charge in [-0.2, -0.15) is 4.98 Å². The smallest absolute Gasteiger partial charge is 0.241 e. The third-order valence-electron chi connectivity index (χ3n) is 6.50. The molecule has 192 valence electrons. The Morgan fingerprint density at radius 1 is 1.11 bits per heavy atom. The van der Waals surface area contributed by atoms with E-state index < -0.39 is 0 Å². The summed E-state index contributed by atoms with van der Waals surface area (Å²) in [4.78, 5) is 20.7. The number of nitrogens with zero attached hydrogens (tertiary/aromatic N) is 3. The van der Waals surface area contributed by atoms with Crippen LogP contribution in [0.25, 0.3) is 11.4 Å². The van der Waals surface area contributed by atoms with Crippen LogP contribution >= 0.6 is 23.4 Å². The molecule has 2 aromatic carbocycles. The highest BCUT2D eigenvalue weighted by atomic mass is 35.5. The Bertz CT molecular complexity index is 1120. The third-order valence-corrected chi connectivity index (χ3v) is 7.85. The molecule has 1 aliphatic heterocycles. The fraction of sp³-hybridized carbons (Fsp3) is 0.464. The topological polar surface area (TPSA) is 71.3 Å². The summed E-state index contributed by atoms with van der Waals surface area (Å²) >= 11 is 7.71. The Morgan fingerprint density at radius 2 is 1.81 bits per heavy atom. The van der Waals surface area contributed by atoms with Gasteiger partial charge in [-0.3, -0.25) is 9.69 Å². The fourth-order valence-corrected chi connectivity index (χ4v) is 5.23. The van der Waals surface area contributed by atoms with E-state index in [-0.39, 0.29) is 17.2 Å². The van der Waals surface area contributed by atoms with Crippen LogP contribution in [0, 0.1) is 5.92 Å². The van der Waals surface area contributed by atoms with Crippen LogP contribution in [-0.4, -0.2) is 46.3 Å². The summed E-state index contributed by atoms with van der Waals surface area (Å²) in [5.74, 6) is 2.45. The number of amides is 1. The van der Waals surface area contributed by atoms with Gasteiger partial charge in [0.1, 0.15) is 0 Å². The van der Waals surface area contributed by atoms with Crippen LogP contribution in [0.1, 0.15) is 51.5 Å². The van der Waals surface area contributed by atoms with Gasteiger partial charge >= 0.3 is 0 Å². The molecular formula is C28H35ClN4O2S. The Labute approximate surface area is 223 Å². The van der Waals surface area contributed by atoms with Gasteiger partial charge in [0.25, 0.3) is 0 Å². The van der Waals surface area contributed by atoms with E-state index in [1.807, 2.05) is 24.3 Å². The van der Waals surface area contributed by atoms with E-state index in [2.05, 4.69) is 65.4 Å². The van der Waals surface area contributed by atoms with Crippen LogP contribution in [0.2, 0.25) is 5.02 Å². The molecule has 1 fully saturated rings. The average Bonchev–Trinajstić information content (AvgIpc) is 3.33. The number of hydrogen-bond donors (Lipinski definition) is 1. The molecule has 0 spiro atoms. The summed E-state index contributed by atoms with van der Waals surface area (Å²) in [6, 6.07) is 16.2. The van der Waals surface area contributed by atoms with E-state index in [0.29, 0.717) is 24.8 Å². The highest BCUT2D eigenvalue weighted by Gasteiger charge is 2.26. The zero-order valence-corrected chi connectivity index (χ0v) is 22.9. The molecule has 1 N–H and O–H groups in total. The Balaban J connectivity index is 1.15. The van der Waals surface area contributed by atoms with Crippen molar-refractivity contribution in [1.29, 1.82) is 0 Å². The van der Waals surface area contributed by atoms with Crippen LogP contribution in [0.5, 0.6) is 0 Å². The summed E-state index contributed by atoms with van der Waals surface area (Å²) in [5, 5.41) is 8.04. The van der Waals surface area contributed by atoms with Gasteiger partial charge < -0.3 is 9.84 Å². The van der Waals surface area contributed by atoms with Crippen molar-refractivity contribution in [2.24, 2.45) is 5.92 Å². The second-order valence-corrected chi connectivity index (χ2v) is 11.9. The number of piperidine rings is 1. The van der Waals surface area contributed by atoms with E-state index in [9.17, 15) is 4.79 Å². The molecule has 36 heavy (non-hydrogen) atoms. The molecule has 6 nitrogen and oxygen atoms in total. The molecule has 8 heteroatoms. The molecule has 2 heterocycles. The fourth-order valence-electron chi connectivity index (χ4n) is 4.25. The third kappa shape index (κ3) is 7.58. The zero-order chi connectivity index (χ0) is 25.5. The first-order valence-electron chi connectivity index (χ1n) is 12.6. The van der Waals surface area contributed by atoms with Crippen LogP contribution in [0.3, 0.4) is 0 Å². The first kappa shape index (κ1) is 26.7. The predicted octanol–water partition coefficient (Wildman–Crippen LogP) is 6.20. The molecule has 0 atom stereocenters. The molecule has 0 aliphatic carbocycles. The lowest BCUT2D eigenvalue weighted by Gasteiger charge is -2.30. The number of hydrogen-bond acceptors (Lipinski definition) is 6. The van der Waals surface area contributed by atoms with E-state index in [0.717, 1.165) is 48.7 Å². The first-order chi connectivity index (χ1) is 17.3. The Kier molecular flexibility index (Phi) is 9.09. The normalized spacial score (nSPS) is 15.2. The molecule has 0 radical (unpaired) electrons. The molecule has 1 aliphatic rings. The number of benzene rings is 2. The van der Waals surface area contributed by atoms with Gasteiger partial charge in [0.15, 0.2) is 0 Å². The van der Waals surface area contributed by atoms with Gasteiger partial charge in [0.2, 0.25) is 17.6 Å². The van der Waals surface area contributed by atoms with Crippen LogP contribution < -0.4 is 5.32 Å². The Morgan fingerprint density at radius 3 is 2.47 bits per heavy atom. The second-order valence-electron chi connectivity index (χ2n) is 10.3. The standard InChI is InChI=1S/C28H35ClN4O2S/c1-28(2,3)22-7-5-20(6-8-22)26-31-25(35-32-26)19-33-16-13-21(14-17-33)27(34)30-15-4-18-36-24-11-9-23(29)10-12-24/h5-12,21H,4,13-19H2,1-3H3,(H,30,34). The van der Waals surface area contributed by atoms with Crippen molar-refractivity contribution in [1.82, 2.24) is 20.4 Å². The highest BCUT2D eigenvalue weighted by Crippen LogP contribution is 2.26. The summed E-state index contributed by atoms with van der Waals surface area (Å²) < 4.78 is 5.52. The minimum absolute atomic E-state index is 0.0738. The number of carbonyl (C=O) groups excluding carboxylic acids is 1. The maximum absolute atomic E-state index is 12.6. The van der Waals surface area contributed by atoms with E-state index in [4.69, 9.17) is 16.1 Å². The molecule has 1 amide bonds. The number of thioether (sulfide) groups is 1. The van der Waals surface area contributed by atoms with E-state index in [1.165, 1.54) is 10.5 Å². The molecule has 3 aromatic rings. The quantitative estimate of drug-likeness (QED) is 0.264. The van der Waals surface area contributed by atoms with Crippen LogP contribution in [0.4, 0.5) is 0 Å². The van der Waals surface area contributed by atoms with Crippen molar-refractivity contribution >= 4 is 29.3 Å². The van der Waals surface area contributed by atoms with E-state index >= 15 is 0 Å². The largest absolute Gasteiger partial charge is 0.356 e. The number of aromatic nitrogens is 2. The maximum atomic E-state index is 12.6. The van der Waals surface area contributed by atoms with Gasteiger partial charge in [-0.25, -0.2) is 0 Å². The number of rotatable bonds is 9. The van der Waals surface area contributed by atoms with Crippen molar-refractivity contribution < 1.29 is 9.32 Å². The summed E-state index contributed by atoms with van der Waals surface area (Å²) in [6.45, 7) is 9.62. The van der Waals surface area contributed by atoms with Gasteiger partial charge in [0, 0.05) is 27.9 Å². The molecule has 1 saturated heterocycles. The maximum Gasteiger partial charge on any atom is 0.241 e. The highest BCUT2D eigenvalue weighted by molar-refractivity contribution is 7.99. The van der Waals surface area contributed by atoms with E-state index in [1.54, 1.807) is 11.8 Å². The number of likely N-dealkylation sites (tertiary alicyclic amines) is 1. The van der Waals surface area contributed by atoms with Crippen molar-refractivity contribution in [3.63, 3.8) is 0 Å². The molecule has 1 aromatic heterocycles. The molecule has 4 rings (SSSR count). The SMILES string of the molecule is CC(C)(C)c1ccc(-c2noc(CN3CCC(C(=O)NCCCSc4ccc(Cl)cc4)CC3)n2)cc1. The Hall–Kier alpha value is -2.35. The van der Waals surface area contributed by atoms with Crippen molar-refractivity contribution in [3.8, 4) is 11.4 Å². The number of nitrogens with one attached hydrogen (secondary N) is 1. The lowest BCUT2D eigenvalue weighted by Crippen LogP contribution is -2.40. The average molecular weight is 527 g/mol. The minimum atomic E-state index is 0.0738. The van der Waals surface area contributed by atoms with Gasteiger partial charge in [0.05, 0.1) is 6.54 Å². The summed E-state index contributed by atoms with van der Waals surface area (Å²) in [5.41, 5.74) is 2.35. The van der Waals surface area contributed by atoms with Crippen LogP contribution in [-0.2, 0) is 16.8 Å². The van der Waals surface area contributed by atoms with Gasteiger partial charge in [-0.1, -0.05) is 61.8 Å². The molecule has 0 unspecified atom stereocenters. The van der Waals surface area contributed by atoms with Crippen molar-refractivity contribution in [2.45, 2.75) is 56.9 Å². The van der Waals surface area contributed by atoms with Crippen molar-refractivity contribution in [3.05, 3.63) is 65.0 Å². The zero-order valence-electron chi connectivity index (χ0n) is 21.3. The number of halogens is 1. The lowest BCUT2D eigenvalue weighted by molar-refractivity contribution is -0.126. The molecule has 0 bridgehead atoms. The first-order valence-corrected chi connectivity index (χ1v) is 14.0. The van der Waals surface area contributed by atoms with Gasteiger partial charge in [-0.15, -0.1) is 11.8 Å². The van der Waals surface area contributed by atoms with Crippen LogP contribution in [0.15, 0.2) is 57.9 Å². The molecule has 0 saturated carbocycles. The monoisotopic (exact) mass is 526 g/mol. The summed E-state index contributed by atoms with van der Waals surface area (Å²) in [7, 11) is 0. The lowest BCUT2D eigenvalue weighted by atomic mass is 9.87. The minimum Gasteiger partial charge on any atom is -0.356 e. The second kappa shape index (κ2) is 12.3.